The first-order valence-electron chi connectivity index (χ1n) is 9.14. The molecule has 3 fully saturated rings. The van der Waals surface area contributed by atoms with E-state index in [0.29, 0.717) is 0 Å². The van der Waals surface area contributed by atoms with E-state index in [4.69, 9.17) is 4.74 Å². The zero-order chi connectivity index (χ0) is 16.1. The molecule has 6 nitrogen and oxygen atoms in total. The Morgan fingerprint density at radius 3 is 2.33 bits per heavy atom. The Hall–Kier alpha value is -0.570. The van der Waals surface area contributed by atoms with Crippen LogP contribution in [0.4, 0.5) is 0 Å². The summed E-state index contributed by atoms with van der Waals surface area (Å²) < 4.78 is 5.52. The van der Waals surface area contributed by atoms with Crippen molar-refractivity contribution < 1.29 is 9.53 Å². The number of hydrogen-bond acceptors (Lipinski definition) is 3. The number of ether oxygens (including phenoxy) is 1. The van der Waals surface area contributed by atoms with Crippen LogP contribution in [-0.2, 0) is 9.53 Å². The standard InChI is InChI=1S/C17H30N4O2.HI/c1-18-17(19-13-14-5-2-3-6-14)21-10-8-20(9-11-21)16(22)15-7-4-12-23-15;/h14-15H,2-13H2,1H3,(H,18,19);1H. The summed E-state index contributed by atoms with van der Waals surface area (Å²) in [5, 5.41) is 3.53. The fourth-order valence-electron chi connectivity index (χ4n) is 3.90. The predicted octanol–water partition coefficient (Wildman–Crippen LogP) is 1.69. The third-order valence-electron chi connectivity index (χ3n) is 5.33. The summed E-state index contributed by atoms with van der Waals surface area (Å²) in [5.74, 6) is 1.96. The quantitative estimate of drug-likeness (QED) is 0.404. The van der Waals surface area contributed by atoms with Crippen molar-refractivity contribution in [3.8, 4) is 0 Å². The van der Waals surface area contributed by atoms with Gasteiger partial charge in [-0.3, -0.25) is 9.79 Å². The second-order valence-electron chi connectivity index (χ2n) is 6.89. The molecule has 2 saturated heterocycles. The molecule has 1 amide bonds. The summed E-state index contributed by atoms with van der Waals surface area (Å²) >= 11 is 0. The van der Waals surface area contributed by atoms with E-state index in [-0.39, 0.29) is 36.0 Å². The minimum absolute atomic E-state index is 0. The molecule has 2 aliphatic heterocycles. The zero-order valence-electron chi connectivity index (χ0n) is 14.7. The Morgan fingerprint density at radius 1 is 1.08 bits per heavy atom. The number of guanidine groups is 1. The lowest BCUT2D eigenvalue weighted by molar-refractivity contribution is -0.142. The van der Waals surface area contributed by atoms with Crippen LogP contribution in [0.3, 0.4) is 0 Å². The van der Waals surface area contributed by atoms with Gasteiger partial charge in [0.1, 0.15) is 6.10 Å². The van der Waals surface area contributed by atoms with Gasteiger partial charge in [0, 0.05) is 46.4 Å². The highest BCUT2D eigenvalue weighted by molar-refractivity contribution is 14.0. The Balaban J connectivity index is 0.00000208. The first-order chi connectivity index (χ1) is 11.3. The van der Waals surface area contributed by atoms with Crippen molar-refractivity contribution in [1.29, 1.82) is 0 Å². The molecule has 7 heteroatoms. The maximum Gasteiger partial charge on any atom is 0.251 e. The van der Waals surface area contributed by atoms with Gasteiger partial charge in [-0.05, 0) is 31.6 Å². The van der Waals surface area contributed by atoms with Gasteiger partial charge in [-0.1, -0.05) is 12.8 Å². The maximum absolute atomic E-state index is 12.4. The molecular weight excluding hydrogens is 419 g/mol. The second kappa shape index (κ2) is 9.79. The number of nitrogens with zero attached hydrogens (tertiary/aromatic N) is 3. The molecule has 2 heterocycles. The van der Waals surface area contributed by atoms with E-state index in [1.165, 1.54) is 25.7 Å². The molecule has 138 valence electrons. The lowest BCUT2D eigenvalue weighted by Gasteiger charge is -2.37. The summed E-state index contributed by atoms with van der Waals surface area (Å²) in [5.41, 5.74) is 0. The minimum Gasteiger partial charge on any atom is -0.368 e. The minimum atomic E-state index is -0.193. The van der Waals surface area contributed by atoms with Crippen molar-refractivity contribution in [3.63, 3.8) is 0 Å². The molecule has 3 aliphatic rings. The Labute approximate surface area is 162 Å². The highest BCUT2D eigenvalue weighted by Gasteiger charge is 2.31. The average Bonchev–Trinajstić information content (AvgIpc) is 3.29. The highest BCUT2D eigenvalue weighted by atomic mass is 127. The van der Waals surface area contributed by atoms with E-state index in [1.54, 1.807) is 0 Å². The van der Waals surface area contributed by atoms with Gasteiger partial charge < -0.3 is 19.9 Å². The summed E-state index contributed by atoms with van der Waals surface area (Å²) in [7, 11) is 1.85. The monoisotopic (exact) mass is 450 g/mol. The van der Waals surface area contributed by atoms with Gasteiger partial charge in [-0.2, -0.15) is 0 Å². The van der Waals surface area contributed by atoms with Gasteiger partial charge in [0.25, 0.3) is 5.91 Å². The maximum atomic E-state index is 12.4. The summed E-state index contributed by atoms with van der Waals surface area (Å²) in [4.78, 5) is 21.0. The molecule has 1 atom stereocenters. The molecule has 1 aliphatic carbocycles. The van der Waals surface area contributed by atoms with Crippen LogP contribution in [0, 0.1) is 5.92 Å². The van der Waals surface area contributed by atoms with Crippen LogP contribution < -0.4 is 5.32 Å². The topological polar surface area (TPSA) is 57.2 Å². The van der Waals surface area contributed by atoms with E-state index < -0.39 is 0 Å². The van der Waals surface area contributed by atoms with Crippen LogP contribution in [0.1, 0.15) is 38.5 Å². The van der Waals surface area contributed by atoms with Crippen LogP contribution >= 0.6 is 24.0 Å². The zero-order valence-corrected chi connectivity index (χ0v) is 17.0. The largest absolute Gasteiger partial charge is 0.368 e. The number of aliphatic imine (C=N–C) groups is 1. The lowest BCUT2D eigenvalue weighted by atomic mass is 10.1. The normalized spacial score (nSPS) is 25.7. The van der Waals surface area contributed by atoms with Gasteiger partial charge in [-0.15, -0.1) is 24.0 Å². The predicted molar refractivity (Wildman–Crippen MR) is 106 cm³/mol. The van der Waals surface area contributed by atoms with Crippen LogP contribution in [0.5, 0.6) is 0 Å². The third kappa shape index (κ3) is 4.97. The molecular formula is C17H31IN4O2. The van der Waals surface area contributed by atoms with Gasteiger partial charge in [-0.25, -0.2) is 0 Å². The molecule has 1 N–H and O–H groups in total. The number of hydrogen-bond donors (Lipinski definition) is 1. The molecule has 24 heavy (non-hydrogen) atoms. The number of piperazine rings is 1. The van der Waals surface area contributed by atoms with Crippen LogP contribution in [0.2, 0.25) is 0 Å². The van der Waals surface area contributed by atoms with E-state index in [0.717, 1.165) is 64.0 Å². The van der Waals surface area contributed by atoms with Gasteiger partial charge >= 0.3 is 0 Å². The van der Waals surface area contributed by atoms with Crippen LogP contribution in [0.25, 0.3) is 0 Å². The van der Waals surface area contributed by atoms with Gasteiger partial charge in [0.2, 0.25) is 0 Å². The fraction of sp³-hybridized carbons (Fsp3) is 0.882. The summed E-state index contributed by atoms with van der Waals surface area (Å²) in [6.45, 7) is 4.99. The third-order valence-corrected chi connectivity index (χ3v) is 5.33. The molecule has 0 aromatic heterocycles. The number of halogens is 1. The smallest absolute Gasteiger partial charge is 0.251 e. The Morgan fingerprint density at radius 2 is 1.75 bits per heavy atom. The second-order valence-corrected chi connectivity index (χ2v) is 6.89. The molecule has 0 spiro atoms. The number of rotatable bonds is 3. The molecule has 0 radical (unpaired) electrons. The fourth-order valence-corrected chi connectivity index (χ4v) is 3.90. The number of carbonyl (C=O) groups excluding carboxylic acids is 1. The van der Waals surface area contributed by atoms with Gasteiger partial charge in [0.15, 0.2) is 5.96 Å². The molecule has 1 saturated carbocycles. The molecule has 0 bridgehead atoms. The van der Waals surface area contributed by atoms with Gasteiger partial charge in [0.05, 0.1) is 0 Å². The van der Waals surface area contributed by atoms with E-state index in [9.17, 15) is 4.79 Å². The Kier molecular flexibility index (Phi) is 8.06. The number of nitrogens with one attached hydrogen (secondary N) is 1. The van der Waals surface area contributed by atoms with Crippen molar-refractivity contribution in [2.24, 2.45) is 10.9 Å². The molecule has 1 unspecified atom stereocenters. The van der Waals surface area contributed by atoms with Crippen molar-refractivity contribution in [2.75, 3.05) is 46.4 Å². The summed E-state index contributed by atoms with van der Waals surface area (Å²) in [6.07, 6.45) is 7.12. The first-order valence-corrected chi connectivity index (χ1v) is 9.14. The number of carbonyl (C=O) groups is 1. The molecule has 3 rings (SSSR count). The van der Waals surface area contributed by atoms with E-state index in [1.807, 2.05) is 11.9 Å². The van der Waals surface area contributed by atoms with Crippen molar-refractivity contribution in [3.05, 3.63) is 0 Å². The van der Waals surface area contributed by atoms with Crippen molar-refractivity contribution in [1.82, 2.24) is 15.1 Å². The van der Waals surface area contributed by atoms with E-state index >= 15 is 0 Å². The molecule has 0 aromatic rings. The van der Waals surface area contributed by atoms with E-state index in [2.05, 4.69) is 15.2 Å². The average molecular weight is 450 g/mol. The van der Waals surface area contributed by atoms with Crippen molar-refractivity contribution in [2.45, 2.75) is 44.6 Å². The van der Waals surface area contributed by atoms with Crippen LogP contribution in [-0.4, -0.2) is 74.1 Å². The number of amides is 1. The lowest BCUT2D eigenvalue weighted by Crippen LogP contribution is -2.55. The Bertz CT molecular complexity index is 426. The molecule has 0 aromatic carbocycles. The highest BCUT2D eigenvalue weighted by Crippen LogP contribution is 2.23. The SMILES string of the molecule is CN=C(NCC1CCCC1)N1CCN(C(=O)C2CCCO2)CC1.I. The van der Waals surface area contributed by atoms with Crippen molar-refractivity contribution >= 4 is 35.8 Å². The van der Waals surface area contributed by atoms with Crippen LogP contribution in [0.15, 0.2) is 4.99 Å². The summed E-state index contributed by atoms with van der Waals surface area (Å²) in [6, 6.07) is 0. The first kappa shape index (κ1) is 19.8.